The third kappa shape index (κ3) is 3.14. The standard InChI is InChI=1S/C30H36N2O5/c1-31(28(34)25(36-2)19-6-4-3-5-7-19)21-12-13-30(35)23-16-20-10-11-22(33)26-24(20)29(30,27(21)37-26)14-15-32(23)17-18-8-9-18/h3-7,10-11,18,21,23,25,27,33,35H,8-9,12-17H2,1-2H3/t21-,23-,25-,27+,29+,30-/m1/s1. The predicted molar refractivity (Wildman–Crippen MR) is 138 cm³/mol. The number of nitrogens with zero attached hydrogens (tertiary/aromatic N) is 2. The first-order valence-electron chi connectivity index (χ1n) is 13.7. The maximum Gasteiger partial charge on any atom is 0.256 e. The number of carbonyl (C=O) groups is 1. The van der Waals surface area contributed by atoms with Crippen LogP contribution in [0.5, 0.6) is 11.5 Å². The van der Waals surface area contributed by atoms with E-state index in [-0.39, 0.29) is 23.7 Å². The van der Waals surface area contributed by atoms with Crippen molar-refractivity contribution in [3.63, 3.8) is 0 Å². The van der Waals surface area contributed by atoms with E-state index in [9.17, 15) is 15.0 Å². The molecule has 3 fully saturated rings. The zero-order valence-electron chi connectivity index (χ0n) is 21.6. The molecule has 7 rings (SSSR count). The zero-order chi connectivity index (χ0) is 25.5. The number of benzene rings is 2. The Kier molecular flexibility index (Phi) is 5.20. The Morgan fingerprint density at radius 2 is 1.97 bits per heavy atom. The summed E-state index contributed by atoms with van der Waals surface area (Å²) in [5, 5.41) is 23.5. The Bertz CT molecular complexity index is 1230. The number of hydrogen-bond acceptors (Lipinski definition) is 6. The smallest absolute Gasteiger partial charge is 0.256 e. The normalized spacial score (nSPS) is 34.4. The summed E-state index contributed by atoms with van der Waals surface area (Å²) in [5.74, 6) is 1.25. The molecule has 2 heterocycles. The van der Waals surface area contributed by atoms with Crippen molar-refractivity contribution in [1.82, 2.24) is 9.80 Å². The van der Waals surface area contributed by atoms with Crippen LogP contribution in [0.3, 0.4) is 0 Å². The van der Waals surface area contributed by atoms with Crippen LogP contribution in [0, 0.1) is 5.92 Å². The van der Waals surface area contributed by atoms with Gasteiger partial charge in [-0.3, -0.25) is 9.69 Å². The Morgan fingerprint density at radius 1 is 1.19 bits per heavy atom. The van der Waals surface area contributed by atoms with Gasteiger partial charge < -0.3 is 24.6 Å². The molecule has 1 spiro atoms. The van der Waals surface area contributed by atoms with Gasteiger partial charge >= 0.3 is 0 Å². The number of ether oxygens (including phenoxy) is 2. The molecule has 1 amide bonds. The molecule has 196 valence electrons. The molecular formula is C30H36N2O5. The van der Waals surface area contributed by atoms with Crippen molar-refractivity contribution >= 4 is 5.91 Å². The minimum Gasteiger partial charge on any atom is -0.504 e. The molecule has 1 saturated heterocycles. The fourth-order valence-corrected chi connectivity index (χ4v) is 8.21. The average Bonchev–Trinajstić information content (AvgIpc) is 3.65. The van der Waals surface area contributed by atoms with Gasteiger partial charge in [-0.2, -0.15) is 0 Å². The monoisotopic (exact) mass is 504 g/mol. The van der Waals surface area contributed by atoms with Gasteiger partial charge in [-0.25, -0.2) is 0 Å². The Hall–Kier alpha value is -2.61. The van der Waals surface area contributed by atoms with Crippen LogP contribution in [-0.2, 0) is 21.4 Å². The average molecular weight is 505 g/mol. The number of carbonyl (C=O) groups excluding carboxylic acids is 1. The van der Waals surface area contributed by atoms with Gasteiger partial charge in [-0.15, -0.1) is 0 Å². The van der Waals surface area contributed by atoms with Crippen molar-refractivity contribution in [2.75, 3.05) is 27.2 Å². The number of phenolic OH excluding ortho intramolecular Hbond substituents is 1. The maximum absolute atomic E-state index is 13.8. The summed E-state index contributed by atoms with van der Waals surface area (Å²) >= 11 is 0. The van der Waals surface area contributed by atoms with Crippen LogP contribution in [0.15, 0.2) is 42.5 Å². The molecule has 7 nitrogen and oxygen atoms in total. The molecule has 7 heteroatoms. The highest BCUT2D eigenvalue weighted by atomic mass is 16.5. The molecule has 0 aromatic heterocycles. The molecule has 37 heavy (non-hydrogen) atoms. The van der Waals surface area contributed by atoms with Gasteiger partial charge in [0.1, 0.15) is 6.10 Å². The lowest BCUT2D eigenvalue weighted by molar-refractivity contribution is -0.202. The minimum atomic E-state index is -0.961. The molecule has 0 radical (unpaired) electrons. The van der Waals surface area contributed by atoms with Crippen LogP contribution in [0.2, 0.25) is 0 Å². The van der Waals surface area contributed by atoms with Gasteiger partial charge in [-0.05, 0) is 68.2 Å². The summed E-state index contributed by atoms with van der Waals surface area (Å²) in [5.41, 5.74) is 1.36. The number of piperidine rings is 1. The number of aromatic hydroxyl groups is 1. The van der Waals surface area contributed by atoms with Crippen molar-refractivity contribution in [3.8, 4) is 11.5 Å². The molecule has 0 unspecified atom stereocenters. The number of rotatable bonds is 6. The lowest BCUT2D eigenvalue weighted by Gasteiger charge is -2.64. The highest BCUT2D eigenvalue weighted by Crippen LogP contribution is 2.66. The summed E-state index contributed by atoms with van der Waals surface area (Å²) in [6, 6.07) is 13.1. The Balaban J connectivity index is 1.29. The number of likely N-dealkylation sites (tertiary alicyclic amines) is 1. The summed E-state index contributed by atoms with van der Waals surface area (Å²) in [6.07, 6.45) is 4.17. The molecule has 2 bridgehead atoms. The fraction of sp³-hybridized carbons (Fsp3) is 0.567. The van der Waals surface area contributed by atoms with Gasteiger partial charge in [0.2, 0.25) is 0 Å². The van der Waals surface area contributed by atoms with Gasteiger partial charge in [0.05, 0.1) is 17.1 Å². The number of phenols is 1. The molecule has 2 aliphatic heterocycles. The second-order valence-corrected chi connectivity index (χ2v) is 11.9. The molecule has 5 aliphatic rings. The van der Waals surface area contributed by atoms with Crippen molar-refractivity contribution in [3.05, 3.63) is 59.2 Å². The Morgan fingerprint density at radius 3 is 2.70 bits per heavy atom. The fourth-order valence-electron chi connectivity index (χ4n) is 8.21. The molecule has 2 N–H and O–H groups in total. The number of aliphatic hydroxyl groups is 1. The van der Waals surface area contributed by atoms with Gasteiger partial charge in [0.25, 0.3) is 5.91 Å². The van der Waals surface area contributed by atoms with E-state index < -0.39 is 23.2 Å². The van der Waals surface area contributed by atoms with Crippen LogP contribution in [0.25, 0.3) is 0 Å². The van der Waals surface area contributed by atoms with Crippen molar-refractivity contribution in [2.24, 2.45) is 5.92 Å². The Labute approximate surface area is 218 Å². The second-order valence-electron chi connectivity index (χ2n) is 11.9. The van der Waals surface area contributed by atoms with E-state index in [1.807, 2.05) is 43.4 Å². The van der Waals surface area contributed by atoms with Gasteiger partial charge in [0, 0.05) is 32.3 Å². The van der Waals surface area contributed by atoms with Crippen LogP contribution >= 0.6 is 0 Å². The van der Waals surface area contributed by atoms with E-state index in [1.165, 1.54) is 18.4 Å². The molecular weight excluding hydrogens is 468 g/mol. The van der Waals surface area contributed by atoms with E-state index in [2.05, 4.69) is 4.90 Å². The van der Waals surface area contributed by atoms with Crippen LogP contribution < -0.4 is 4.74 Å². The number of likely N-dealkylation sites (N-methyl/N-ethyl adjacent to an activating group) is 1. The topological polar surface area (TPSA) is 82.5 Å². The largest absolute Gasteiger partial charge is 0.504 e. The molecule has 2 saturated carbocycles. The van der Waals surface area contributed by atoms with E-state index >= 15 is 0 Å². The van der Waals surface area contributed by atoms with Crippen molar-refractivity contribution in [1.29, 1.82) is 0 Å². The summed E-state index contributed by atoms with van der Waals surface area (Å²) < 4.78 is 12.3. The second kappa shape index (κ2) is 8.19. The third-order valence-electron chi connectivity index (χ3n) is 10.1. The van der Waals surface area contributed by atoms with Crippen LogP contribution in [-0.4, -0.2) is 77.0 Å². The predicted octanol–water partition coefficient (Wildman–Crippen LogP) is 3.17. The first-order chi connectivity index (χ1) is 17.9. The van der Waals surface area contributed by atoms with Crippen LogP contribution in [0.1, 0.15) is 54.9 Å². The summed E-state index contributed by atoms with van der Waals surface area (Å²) in [7, 11) is 3.40. The van der Waals surface area contributed by atoms with Crippen molar-refractivity contribution in [2.45, 2.75) is 73.8 Å². The molecule has 6 atom stereocenters. The lowest BCUT2D eigenvalue weighted by atomic mass is 9.48. The van der Waals surface area contributed by atoms with Gasteiger partial charge in [0.15, 0.2) is 17.6 Å². The quantitative estimate of drug-likeness (QED) is 0.629. The van der Waals surface area contributed by atoms with Gasteiger partial charge in [-0.1, -0.05) is 36.4 Å². The summed E-state index contributed by atoms with van der Waals surface area (Å²) in [6.45, 7) is 1.94. The zero-order valence-corrected chi connectivity index (χ0v) is 21.6. The van der Waals surface area contributed by atoms with E-state index in [1.54, 1.807) is 18.1 Å². The highest BCUT2D eigenvalue weighted by Gasteiger charge is 2.73. The van der Waals surface area contributed by atoms with Crippen LogP contribution in [0.4, 0.5) is 0 Å². The molecule has 3 aliphatic carbocycles. The molecule has 2 aromatic rings. The highest BCUT2D eigenvalue weighted by molar-refractivity contribution is 5.82. The lowest BCUT2D eigenvalue weighted by Crippen LogP contribution is -2.78. The SMILES string of the molecule is CO[C@@H](C(=O)N(C)[C@@H]1CC[C@@]2(O)[C@H]3Cc4ccc(O)c5c4[C@@]2(CCN3CC2CC2)[C@H]1O5)c1ccccc1. The first-order valence-corrected chi connectivity index (χ1v) is 13.7. The third-order valence-corrected chi connectivity index (χ3v) is 10.1. The van der Waals surface area contributed by atoms with E-state index in [0.717, 1.165) is 43.0 Å². The maximum atomic E-state index is 13.8. The van der Waals surface area contributed by atoms with E-state index in [0.29, 0.717) is 18.6 Å². The van der Waals surface area contributed by atoms with E-state index in [4.69, 9.17) is 9.47 Å². The molecule has 2 aromatic carbocycles. The number of methoxy groups -OCH3 is 1. The minimum absolute atomic E-state index is 0.0222. The van der Waals surface area contributed by atoms with Crippen molar-refractivity contribution < 1.29 is 24.5 Å². The first kappa shape index (κ1) is 23.5. The number of hydrogen-bond donors (Lipinski definition) is 2. The number of amides is 1. The summed E-state index contributed by atoms with van der Waals surface area (Å²) in [4.78, 5) is 18.1.